The number of pyridine rings is 1. The van der Waals surface area contributed by atoms with E-state index in [4.69, 9.17) is 5.11 Å². The average Bonchev–Trinajstić information content (AvgIpc) is 3.37. The minimum Gasteiger partial charge on any atom is -0.465 e. The zero-order chi connectivity index (χ0) is 23.2. The van der Waals surface area contributed by atoms with Crippen LogP contribution in [-0.4, -0.2) is 42.1 Å². The number of hydrogen-bond acceptors (Lipinski definition) is 5. The zero-order valence-corrected chi connectivity index (χ0v) is 17.0. The van der Waals surface area contributed by atoms with E-state index in [-0.39, 0.29) is 12.3 Å². The molecule has 5 rings (SSSR count). The number of hydrogen-bond donors (Lipinski definition) is 2. The summed E-state index contributed by atoms with van der Waals surface area (Å²) in [6.07, 6.45) is 1.41. The smallest absolute Gasteiger partial charge is 0.465 e. The van der Waals surface area contributed by atoms with Crippen LogP contribution >= 0.6 is 0 Å². The van der Waals surface area contributed by atoms with Crippen LogP contribution in [0, 0.1) is 0 Å². The van der Waals surface area contributed by atoms with E-state index in [9.17, 15) is 18.0 Å². The van der Waals surface area contributed by atoms with E-state index in [1.807, 2.05) is 10.9 Å². The zero-order valence-electron chi connectivity index (χ0n) is 17.0. The first kappa shape index (κ1) is 20.8. The van der Waals surface area contributed by atoms with Crippen LogP contribution in [0.15, 0.2) is 48.9 Å². The Hall–Kier alpha value is -4.09. The number of ether oxygens (including phenoxy) is 1. The van der Waals surface area contributed by atoms with E-state index < -0.39 is 12.5 Å². The number of halogens is 3. The third kappa shape index (κ3) is 4.31. The summed E-state index contributed by atoms with van der Waals surface area (Å²) in [4.78, 5) is 15.5. The van der Waals surface area contributed by atoms with Gasteiger partial charge in [0, 0.05) is 18.0 Å². The fourth-order valence-electron chi connectivity index (χ4n) is 3.62. The average molecular weight is 458 g/mol. The largest absolute Gasteiger partial charge is 0.573 e. The van der Waals surface area contributed by atoms with Crippen LogP contribution in [0.25, 0.3) is 27.8 Å². The molecule has 4 aromatic rings. The summed E-state index contributed by atoms with van der Waals surface area (Å²) in [5, 5.41) is 20.9. The molecule has 3 aromatic heterocycles. The number of fused-ring (bicyclic) bond motifs is 1. The monoisotopic (exact) mass is 458 g/mol. The van der Waals surface area contributed by atoms with Gasteiger partial charge in [0.2, 0.25) is 0 Å². The molecule has 0 radical (unpaired) electrons. The van der Waals surface area contributed by atoms with Crippen molar-refractivity contribution in [1.29, 1.82) is 0 Å². The van der Waals surface area contributed by atoms with E-state index >= 15 is 0 Å². The molecule has 1 aliphatic carbocycles. The van der Waals surface area contributed by atoms with Crippen molar-refractivity contribution >= 4 is 17.1 Å². The molecular weight excluding hydrogens is 441 g/mol. The van der Waals surface area contributed by atoms with Crippen molar-refractivity contribution in [3.05, 3.63) is 54.6 Å². The standard InChI is InChI=1S/C21H17F3N6O3/c22-21(23,24)33-15-5-3-14(4-6-15)30-19-18(17(28-30)10-26-20(31)32)16(7-8-25-19)12-9-27-29(11-12)13-1-2-13/h3-9,11,13,26H,1-2,10H2,(H,31,32). The van der Waals surface area contributed by atoms with E-state index in [0.717, 1.165) is 24.0 Å². The highest BCUT2D eigenvalue weighted by molar-refractivity contribution is 5.95. The van der Waals surface area contributed by atoms with E-state index in [0.29, 0.717) is 28.5 Å². The van der Waals surface area contributed by atoms with Crippen LogP contribution in [0.5, 0.6) is 5.75 Å². The fraction of sp³-hybridized carbons (Fsp3) is 0.238. The highest BCUT2D eigenvalue weighted by atomic mass is 19.4. The Balaban J connectivity index is 1.60. The van der Waals surface area contributed by atoms with E-state index in [1.54, 1.807) is 18.5 Å². The number of carbonyl (C=O) groups is 1. The molecule has 12 heteroatoms. The Morgan fingerprint density at radius 3 is 2.64 bits per heavy atom. The van der Waals surface area contributed by atoms with Gasteiger partial charge in [-0.15, -0.1) is 13.2 Å². The lowest BCUT2D eigenvalue weighted by molar-refractivity contribution is -0.274. The molecule has 0 atom stereocenters. The second kappa shape index (κ2) is 7.80. The van der Waals surface area contributed by atoms with Crippen molar-refractivity contribution in [1.82, 2.24) is 29.9 Å². The van der Waals surface area contributed by atoms with Crippen LogP contribution in [0.3, 0.4) is 0 Å². The number of amides is 1. The van der Waals surface area contributed by atoms with E-state index in [2.05, 4.69) is 25.2 Å². The summed E-state index contributed by atoms with van der Waals surface area (Å²) in [6, 6.07) is 7.38. The third-order valence-electron chi connectivity index (χ3n) is 5.20. The molecule has 0 bridgehead atoms. The lowest BCUT2D eigenvalue weighted by Gasteiger charge is -2.09. The molecule has 33 heavy (non-hydrogen) atoms. The normalized spacial score (nSPS) is 13.9. The lowest BCUT2D eigenvalue weighted by atomic mass is 10.1. The Morgan fingerprint density at radius 2 is 1.97 bits per heavy atom. The molecule has 3 heterocycles. The van der Waals surface area contributed by atoms with Crippen molar-refractivity contribution in [3.8, 4) is 22.6 Å². The number of carboxylic acid groups (broad SMARTS) is 1. The summed E-state index contributed by atoms with van der Waals surface area (Å²) in [5.74, 6) is -0.364. The fourth-order valence-corrected chi connectivity index (χ4v) is 3.62. The van der Waals surface area contributed by atoms with Gasteiger partial charge >= 0.3 is 12.5 Å². The molecule has 0 unspecified atom stereocenters. The van der Waals surface area contributed by atoms with E-state index in [1.165, 1.54) is 28.9 Å². The molecule has 1 aliphatic rings. The quantitative estimate of drug-likeness (QED) is 0.447. The number of benzene rings is 1. The van der Waals surface area contributed by atoms with Gasteiger partial charge in [-0.05, 0) is 48.7 Å². The lowest BCUT2D eigenvalue weighted by Crippen LogP contribution is -2.20. The molecule has 0 aliphatic heterocycles. The number of nitrogens with zero attached hydrogens (tertiary/aromatic N) is 5. The van der Waals surface area contributed by atoms with Crippen LogP contribution < -0.4 is 10.1 Å². The van der Waals surface area contributed by atoms with Crippen LogP contribution in [0.1, 0.15) is 24.6 Å². The van der Waals surface area contributed by atoms with Crippen LogP contribution in [-0.2, 0) is 6.54 Å². The van der Waals surface area contributed by atoms with Crippen LogP contribution in [0.2, 0.25) is 0 Å². The van der Waals surface area contributed by atoms with Gasteiger partial charge in [-0.2, -0.15) is 10.2 Å². The van der Waals surface area contributed by atoms with Crippen molar-refractivity contribution < 1.29 is 27.8 Å². The molecule has 1 amide bonds. The highest BCUT2D eigenvalue weighted by Crippen LogP contribution is 2.37. The topological polar surface area (TPSA) is 107 Å². The van der Waals surface area contributed by atoms with Crippen molar-refractivity contribution in [3.63, 3.8) is 0 Å². The predicted octanol–water partition coefficient (Wildman–Crippen LogP) is 4.29. The predicted molar refractivity (Wildman–Crippen MR) is 110 cm³/mol. The third-order valence-corrected chi connectivity index (χ3v) is 5.20. The van der Waals surface area contributed by atoms with Crippen molar-refractivity contribution in [2.75, 3.05) is 0 Å². The first-order chi connectivity index (χ1) is 15.8. The second-order valence-corrected chi connectivity index (χ2v) is 7.56. The van der Waals surface area contributed by atoms with Gasteiger partial charge in [-0.25, -0.2) is 14.5 Å². The van der Waals surface area contributed by atoms with Gasteiger partial charge in [-0.1, -0.05) is 0 Å². The van der Waals surface area contributed by atoms with Gasteiger partial charge in [0.05, 0.1) is 35.6 Å². The Kier molecular flexibility index (Phi) is 4.91. The van der Waals surface area contributed by atoms with Crippen molar-refractivity contribution in [2.45, 2.75) is 31.8 Å². The molecule has 2 N–H and O–H groups in total. The van der Waals surface area contributed by atoms with Gasteiger partial charge in [0.25, 0.3) is 0 Å². The van der Waals surface area contributed by atoms with Crippen molar-refractivity contribution in [2.24, 2.45) is 0 Å². The van der Waals surface area contributed by atoms with Gasteiger partial charge in [0.15, 0.2) is 5.65 Å². The first-order valence-corrected chi connectivity index (χ1v) is 10.0. The first-order valence-electron chi connectivity index (χ1n) is 10.0. The maximum atomic E-state index is 12.5. The van der Waals surface area contributed by atoms with Gasteiger partial charge < -0.3 is 15.2 Å². The molecular formula is C21H17F3N6O3. The minimum absolute atomic E-state index is 0.0798. The Bertz CT molecular complexity index is 1330. The van der Waals surface area contributed by atoms with Gasteiger partial charge in [0.1, 0.15) is 5.75 Å². The molecule has 1 aromatic carbocycles. The molecule has 0 spiro atoms. The summed E-state index contributed by atoms with van der Waals surface area (Å²) >= 11 is 0. The Morgan fingerprint density at radius 1 is 1.21 bits per heavy atom. The molecule has 1 saturated carbocycles. The summed E-state index contributed by atoms with van der Waals surface area (Å²) in [5.41, 5.74) is 2.90. The number of nitrogens with one attached hydrogen (secondary N) is 1. The molecule has 1 fully saturated rings. The SMILES string of the molecule is O=C(O)NCc1nn(-c2ccc(OC(F)(F)F)cc2)c2nccc(-c3cnn(C4CC4)c3)c12. The maximum absolute atomic E-state index is 12.5. The molecule has 9 nitrogen and oxygen atoms in total. The maximum Gasteiger partial charge on any atom is 0.573 e. The summed E-state index contributed by atoms with van der Waals surface area (Å²) in [6.45, 7) is -0.0798. The number of rotatable bonds is 6. The van der Waals surface area contributed by atoms with Gasteiger partial charge in [-0.3, -0.25) is 4.68 Å². The minimum atomic E-state index is -4.79. The van der Waals surface area contributed by atoms with Crippen LogP contribution in [0.4, 0.5) is 18.0 Å². The number of alkyl halides is 3. The molecule has 0 saturated heterocycles. The molecule has 170 valence electrons. The summed E-state index contributed by atoms with van der Waals surface area (Å²) < 4.78 is 44.7. The Labute approximate surface area is 184 Å². The number of aromatic nitrogens is 5. The second-order valence-electron chi connectivity index (χ2n) is 7.56. The highest BCUT2D eigenvalue weighted by Gasteiger charge is 2.31. The summed E-state index contributed by atoms with van der Waals surface area (Å²) in [7, 11) is 0.